The van der Waals surface area contributed by atoms with E-state index in [4.69, 9.17) is 25.1 Å². The Balaban J connectivity index is 0.957. The van der Waals surface area contributed by atoms with Gasteiger partial charge in [-0.2, -0.15) is 0 Å². The fourth-order valence-corrected chi connectivity index (χ4v) is 9.29. The zero-order chi connectivity index (χ0) is 41.4. The van der Waals surface area contributed by atoms with Gasteiger partial charge >= 0.3 is 0 Å². The van der Waals surface area contributed by atoms with Crippen molar-refractivity contribution in [1.82, 2.24) is 39.0 Å². The van der Waals surface area contributed by atoms with Crippen LogP contribution in [0.25, 0.3) is 111 Å². The van der Waals surface area contributed by atoms with E-state index in [2.05, 4.69) is 153 Å². The number of hydrogen-bond donors (Lipinski definition) is 0. The molecule has 6 aromatic heterocycles. The van der Waals surface area contributed by atoms with Crippen LogP contribution in [0.2, 0.25) is 0 Å². The Morgan fingerprint density at radius 2 is 0.889 bits per heavy atom. The van der Waals surface area contributed by atoms with Crippen LogP contribution in [0, 0.1) is 0 Å². The Kier molecular flexibility index (Phi) is 7.70. The second-order valence-corrected chi connectivity index (χ2v) is 15.7. The predicted octanol–water partition coefficient (Wildman–Crippen LogP) is 11.6. The molecule has 9 heteroatoms. The van der Waals surface area contributed by atoms with Gasteiger partial charge in [-0.25, -0.2) is 9.97 Å². The molecule has 0 N–H and O–H groups in total. The highest BCUT2D eigenvalue weighted by Gasteiger charge is 2.24. The molecule has 0 aliphatic rings. The minimum atomic E-state index is 0.604. The standard InChI is InChI=1S/C54H34N9/c1-3-14-35(15-4-1)45-32-46(36-16-5-2-6-17-36)59-63(58-45)62-50-23-12-8-18-40(50)42-27-25-38(31-52(42)62)37-26-28-49-44(30-37)41-19-7-10-21-47(41)61(49)54-56-33-39(34-57-54)60-48-22-11-9-20-43(48)53-51(60)24-13-29-55-53/h1-34H/q+1. The van der Waals surface area contributed by atoms with Gasteiger partial charge in [-0.15, -0.1) is 0 Å². The molecule has 7 aromatic carbocycles. The van der Waals surface area contributed by atoms with E-state index in [1.165, 1.54) is 0 Å². The summed E-state index contributed by atoms with van der Waals surface area (Å²) in [5.41, 5.74) is 13.8. The van der Waals surface area contributed by atoms with E-state index in [1.54, 1.807) is 4.91 Å². The van der Waals surface area contributed by atoms with Crippen molar-refractivity contribution in [2.45, 2.75) is 0 Å². The van der Waals surface area contributed by atoms with Crippen LogP contribution in [0.3, 0.4) is 0 Å². The van der Waals surface area contributed by atoms with Crippen LogP contribution < -0.4 is 4.91 Å². The summed E-state index contributed by atoms with van der Waals surface area (Å²) in [5, 5.41) is 15.9. The van der Waals surface area contributed by atoms with Crippen LogP contribution in [0.1, 0.15) is 0 Å². The van der Waals surface area contributed by atoms with Crippen LogP contribution in [-0.2, 0) is 0 Å². The summed E-state index contributed by atoms with van der Waals surface area (Å²) < 4.78 is 6.47. The maximum Gasteiger partial charge on any atom is 0.234 e. The normalized spacial score (nSPS) is 11.8. The van der Waals surface area contributed by atoms with Gasteiger partial charge in [-0.05, 0) is 59.7 Å². The molecule has 0 aliphatic heterocycles. The van der Waals surface area contributed by atoms with Crippen LogP contribution in [0.15, 0.2) is 207 Å². The van der Waals surface area contributed by atoms with Crippen LogP contribution >= 0.6 is 0 Å². The van der Waals surface area contributed by atoms with E-state index in [9.17, 15) is 0 Å². The van der Waals surface area contributed by atoms with Gasteiger partial charge < -0.3 is 4.57 Å². The average Bonchev–Trinajstić information content (AvgIpc) is 4.00. The molecule has 0 aliphatic carbocycles. The van der Waals surface area contributed by atoms with Gasteiger partial charge in [-0.1, -0.05) is 138 Å². The number of fused-ring (bicyclic) bond motifs is 9. The van der Waals surface area contributed by atoms with Crippen molar-refractivity contribution in [2.75, 3.05) is 0 Å². The maximum atomic E-state index is 5.18. The van der Waals surface area contributed by atoms with Crippen LogP contribution in [0.4, 0.5) is 0 Å². The molecular formula is C54H34N9+. The van der Waals surface area contributed by atoms with Crippen molar-refractivity contribution in [3.05, 3.63) is 207 Å². The number of benzene rings is 7. The minimum absolute atomic E-state index is 0.604. The fourth-order valence-electron chi connectivity index (χ4n) is 9.29. The average molecular weight is 809 g/mol. The molecule has 0 spiro atoms. The first-order chi connectivity index (χ1) is 31.2. The fraction of sp³-hybridized carbons (Fsp3) is 0. The molecule has 0 bridgehead atoms. The third-order valence-electron chi connectivity index (χ3n) is 12.2. The summed E-state index contributed by atoms with van der Waals surface area (Å²) in [4.78, 5) is 16.5. The lowest BCUT2D eigenvalue weighted by atomic mass is 10.0. The third-order valence-corrected chi connectivity index (χ3v) is 12.2. The molecule has 0 radical (unpaired) electrons. The van der Waals surface area contributed by atoms with Crippen LogP contribution in [0.5, 0.6) is 0 Å². The highest BCUT2D eigenvalue weighted by Crippen LogP contribution is 2.37. The van der Waals surface area contributed by atoms with Crippen molar-refractivity contribution in [2.24, 2.45) is 0 Å². The van der Waals surface area contributed by atoms with E-state index < -0.39 is 0 Å². The molecule has 294 valence electrons. The predicted molar refractivity (Wildman–Crippen MR) is 251 cm³/mol. The Bertz CT molecular complexity index is 3790. The summed E-state index contributed by atoms with van der Waals surface area (Å²) >= 11 is 0. The smallest absolute Gasteiger partial charge is 0.234 e. The van der Waals surface area contributed by atoms with Gasteiger partial charge in [0.1, 0.15) is 22.4 Å². The van der Waals surface area contributed by atoms with Gasteiger partial charge in [0.25, 0.3) is 0 Å². The molecule has 0 saturated carbocycles. The van der Waals surface area contributed by atoms with Crippen LogP contribution in [-0.4, -0.2) is 39.0 Å². The van der Waals surface area contributed by atoms with Gasteiger partial charge in [-0.3, -0.25) is 9.55 Å². The molecule has 0 fully saturated rings. The topological polar surface area (TPSA) is 83.1 Å². The number of rotatable bonds is 6. The summed E-state index contributed by atoms with van der Waals surface area (Å²) in [5.74, 6) is 0.604. The summed E-state index contributed by atoms with van der Waals surface area (Å²) in [6, 6.07) is 65.3. The number of aromatic nitrogens is 9. The zero-order valence-corrected chi connectivity index (χ0v) is 33.7. The van der Waals surface area contributed by atoms with Crippen molar-refractivity contribution in [1.29, 1.82) is 0 Å². The Morgan fingerprint density at radius 1 is 0.349 bits per heavy atom. The lowest BCUT2D eigenvalue weighted by Crippen LogP contribution is -2.49. The Hall–Kier alpha value is -8.82. The van der Waals surface area contributed by atoms with E-state index in [0.29, 0.717) is 5.95 Å². The molecule has 0 amide bonds. The molecular weight excluding hydrogens is 775 g/mol. The second-order valence-electron chi connectivity index (χ2n) is 15.7. The Labute approximate surface area is 360 Å². The quantitative estimate of drug-likeness (QED) is 0.156. The lowest BCUT2D eigenvalue weighted by Gasteiger charge is -2.10. The molecule has 0 unspecified atom stereocenters. The molecule has 13 rings (SSSR count). The van der Waals surface area contributed by atoms with E-state index in [1.807, 2.05) is 67.1 Å². The van der Waals surface area contributed by atoms with E-state index >= 15 is 0 Å². The molecule has 13 aromatic rings. The first-order valence-electron chi connectivity index (χ1n) is 20.9. The number of nitrogens with zero attached hydrogens (tertiary/aromatic N) is 9. The van der Waals surface area contributed by atoms with Crippen molar-refractivity contribution in [3.63, 3.8) is 0 Å². The molecule has 0 atom stereocenters. The monoisotopic (exact) mass is 808 g/mol. The summed E-state index contributed by atoms with van der Waals surface area (Å²) in [7, 11) is 0. The number of pyridine rings is 1. The minimum Gasteiger partial charge on any atom is -0.305 e. The lowest BCUT2D eigenvalue weighted by molar-refractivity contribution is -0.827. The molecule has 63 heavy (non-hydrogen) atoms. The maximum absolute atomic E-state index is 5.18. The number of para-hydroxylation sites is 3. The van der Waals surface area contributed by atoms with Gasteiger partial charge in [0.2, 0.25) is 5.95 Å². The van der Waals surface area contributed by atoms with E-state index in [-0.39, 0.29) is 0 Å². The highest BCUT2D eigenvalue weighted by atomic mass is 15.7. The van der Waals surface area contributed by atoms with Gasteiger partial charge in [0, 0.05) is 50.3 Å². The number of hydrogen-bond acceptors (Lipinski definition) is 5. The first-order valence-corrected chi connectivity index (χ1v) is 20.9. The third kappa shape index (κ3) is 5.50. The highest BCUT2D eigenvalue weighted by molar-refractivity contribution is 6.12. The molecule has 0 saturated heterocycles. The summed E-state index contributed by atoms with van der Waals surface area (Å²) in [6.45, 7) is 0. The summed E-state index contributed by atoms with van der Waals surface area (Å²) in [6.07, 6.45) is 5.65. The molecule has 6 heterocycles. The second kappa shape index (κ2) is 13.9. The molecule has 9 nitrogen and oxygen atoms in total. The van der Waals surface area contributed by atoms with Crippen molar-refractivity contribution < 1.29 is 4.91 Å². The van der Waals surface area contributed by atoms with Gasteiger partial charge in [0.05, 0.1) is 55.9 Å². The van der Waals surface area contributed by atoms with Crippen molar-refractivity contribution >= 4 is 65.5 Å². The Morgan fingerprint density at radius 3 is 1.60 bits per heavy atom. The SMILES string of the molecule is c1ccc(-c2cc(-c3ccccc3)n[n+](-n3c4ccccc4c4ccc(-c5ccc6c(c5)c5ccccc5n6-c5ncc(-n6c7ccccc7c7ncccc76)cn5)cc43)n2)cc1. The zero-order valence-electron chi connectivity index (χ0n) is 33.7. The first kappa shape index (κ1) is 35.0. The largest absolute Gasteiger partial charge is 0.305 e. The van der Waals surface area contributed by atoms with E-state index in [0.717, 1.165) is 105 Å². The van der Waals surface area contributed by atoms with Gasteiger partial charge in [0.15, 0.2) is 4.91 Å². The van der Waals surface area contributed by atoms with Crippen molar-refractivity contribution in [3.8, 4) is 45.3 Å².